The Hall–Kier alpha value is -2.80. The number of nitro benzene ring substituents is 1. The molecule has 0 spiro atoms. The minimum atomic E-state index is -0.464. The van der Waals surface area contributed by atoms with Gasteiger partial charge in [-0.25, -0.2) is 0 Å². The number of fused-ring (bicyclic) bond motifs is 1. The average molecular weight is 355 g/mol. The second-order valence-electron chi connectivity index (χ2n) is 5.51. The van der Waals surface area contributed by atoms with Gasteiger partial charge in [0.05, 0.1) is 9.82 Å². The van der Waals surface area contributed by atoms with Gasteiger partial charge in [0.1, 0.15) is 0 Å². The number of carbonyl (C=O) groups excluding carboxylic acids is 1. The summed E-state index contributed by atoms with van der Waals surface area (Å²) < 4.78 is 0. The molecule has 2 N–H and O–H groups in total. The minimum absolute atomic E-state index is 0.0446. The fourth-order valence-electron chi connectivity index (χ4n) is 2.73. The molecule has 3 aromatic rings. The Morgan fingerprint density at radius 3 is 2.84 bits per heavy atom. The van der Waals surface area contributed by atoms with Crippen LogP contribution in [0.3, 0.4) is 0 Å². The second-order valence-corrected chi connectivity index (χ2v) is 6.36. The van der Waals surface area contributed by atoms with Crippen molar-refractivity contribution in [3.63, 3.8) is 0 Å². The molecule has 0 atom stereocenters. The highest BCUT2D eigenvalue weighted by atomic mass is 32.2. The standard InChI is InChI=1S/C18H17N3O3S/c1-25-17-7-6-12(10-16(17)21(23)24)18(22)19-9-8-13-11-20-15-5-3-2-4-14(13)15/h2-7,10-11,20H,8-9H2,1H3,(H,19,22). The number of hydrogen-bond acceptors (Lipinski definition) is 4. The number of nitro groups is 1. The van der Waals surface area contributed by atoms with Gasteiger partial charge in [0.25, 0.3) is 11.6 Å². The van der Waals surface area contributed by atoms with Crippen molar-refractivity contribution in [3.05, 3.63) is 69.9 Å². The predicted octanol–water partition coefficient (Wildman–Crippen LogP) is 3.77. The summed E-state index contributed by atoms with van der Waals surface area (Å²) in [6, 6.07) is 12.5. The van der Waals surface area contributed by atoms with Crippen LogP contribution in [-0.4, -0.2) is 28.6 Å². The van der Waals surface area contributed by atoms with Gasteiger partial charge < -0.3 is 10.3 Å². The summed E-state index contributed by atoms with van der Waals surface area (Å²) in [5, 5.41) is 15.1. The number of amides is 1. The lowest BCUT2D eigenvalue weighted by atomic mass is 10.1. The van der Waals surface area contributed by atoms with E-state index in [-0.39, 0.29) is 11.6 Å². The minimum Gasteiger partial charge on any atom is -0.361 e. The van der Waals surface area contributed by atoms with Crippen LogP contribution in [0.25, 0.3) is 10.9 Å². The Bertz CT molecular complexity index is 936. The van der Waals surface area contributed by atoms with Gasteiger partial charge in [-0.2, -0.15) is 0 Å². The maximum atomic E-state index is 12.3. The molecular weight excluding hydrogens is 338 g/mol. The smallest absolute Gasteiger partial charge is 0.283 e. The van der Waals surface area contributed by atoms with E-state index in [4.69, 9.17) is 0 Å². The Morgan fingerprint density at radius 2 is 2.08 bits per heavy atom. The Balaban J connectivity index is 1.66. The van der Waals surface area contributed by atoms with Crippen molar-refractivity contribution in [1.29, 1.82) is 0 Å². The van der Waals surface area contributed by atoms with E-state index in [2.05, 4.69) is 10.3 Å². The summed E-state index contributed by atoms with van der Waals surface area (Å²) in [7, 11) is 0. The zero-order valence-corrected chi connectivity index (χ0v) is 14.4. The van der Waals surface area contributed by atoms with Crippen molar-refractivity contribution in [2.75, 3.05) is 12.8 Å². The summed E-state index contributed by atoms with van der Waals surface area (Å²) in [5.41, 5.74) is 2.44. The van der Waals surface area contributed by atoms with Crippen LogP contribution in [0.2, 0.25) is 0 Å². The Labute approximate surface area is 148 Å². The highest BCUT2D eigenvalue weighted by Gasteiger charge is 2.16. The third kappa shape index (κ3) is 3.66. The number of para-hydroxylation sites is 1. The van der Waals surface area contributed by atoms with Crippen molar-refractivity contribution in [1.82, 2.24) is 10.3 Å². The van der Waals surface area contributed by atoms with Crippen LogP contribution in [0.4, 0.5) is 5.69 Å². The van der Waals surface area contributed by atoms with Gasteiger partial charge >= 0.3 is 0 Å². The number of nitrogens with zero attached hydrogens (tertiary/aromatic N) is 1. The fraction of sp³-hybridized carbons (Fsp3) is 0.167. The first kappa shape index (κ1) is 17.0. The first-order valence-electron chi connectivity index (χ1n) is 7.76. The molecule has 0 aliphatic carbocycles. The zero-order chi connectivity index (χ0) is 17.8. The largest absolute Gasteiger partial charge is 0.361 e. The summed E-state index contributed by atoms with van der Waals surface area (Å²) in [6.07, 6.45) is 4.39. The van der Waals surface area contributed by atoms with E-state index in [1.807, 2.05) is 30.5 Å². The molecule has 6 nitrogen and oxygen atoms in total. The number of rotatable bonds is 6. The molecule has 1 aromatic heterocycles. The molecule has 0 unspecified atom stereocenters. The van der Waals surface area contributed by atoms with Gasteiger partial charge in [-0.3, -0.25) is 14.9 Å². The van der Waals surface area contributed by atoms with E-state index in [1.54, 1.807) is 18.4 Å². The van der Waals surface area contributed by atoms with Gasteiger partial charge in [0, 0.05) is 35.3 Å². The number of carbonyl (C=O) groups is 1. The number of aromatic amines is 1. The summed E-state index contributed by atoms with van der Waals surface area (Å²) in [5.74, 6) is -0.310. The molecule has 25 heavy (non-hydrogen) atoms. The summed E-state index contributed by atoms with van der Waals surface area (Å²) >= 11 is 1.28. The van der Waals surface area contributed by atoms with Crippen molar-refractivity contribution in [2.24, 2.45) is 0 Å². The van der Waals surface area contributed by atoms with Crippen LogP contribution in [-0.2, 0) is 6.42 Å². The predicted molar refractivity (Wildman–Crippen MR) is 99.2 cm³/mol. The molecule has 7 heteroatoms. The molecule has 2 aromatic carbocycles. The third-order valence-electron chi connectivity index (χ3n) is 3.99. The molecule has 3 rings (SSSR count). The molecule has 1 amide bonds. The topological polar surface area (TPSA) is 88.0 Å². The lowest BCUT2D eigenvalue weighted by Crippen LogP contribution is -2.25. The summed E-state index contributed by atoms with van der Waals surface area (Å²) in [4.78, 5) is 26.6. The first-order valence-corrected chi connectivity index (χ1v) is 8.98. The average Bonchev–Trinajstić information content (AvgIpc) is 3.04. The van der Waals surface area contributed by atoms with E-state index in [9.17, 15) is 14.9 Å². The van der Waals surface area contributed by atoms with E-state index < -0.39 is 4.92 Å². The maximum absolute atomic E-state index is 12.3. The number of H-pyrrole nitrogens is 1. The number of benzene rings is 2. The van der Waals surface area contributed by atoms with Gasteiger partial charge in [-0.15, -0.1) is 11.8 Å². The number of hydrogen-bond donors (Lipinski definition) is 2. The van der Waals surface area contributed by atoms with Crippen LogP contribution in [0, 0.1) is 10.1 Å². The van der Waals surface area contributed by atoms with Crippen molar-refractivity contribution in [2.45, 2.75) is 11.3 Å². The van der Waals surface area contributed by atoms with Crippen LogP contribution in [0.15, 0.2) is 53.6 Å². The molecule has 0 fully saturated rings. The van der Waals surface area contributed by atoms with Crippen LogP contribution < -0.4 is 5.32 Å². The molecule has 0 radical (unpaired) electrons. The monoisotopic (exact) mass is 355 g/mol. The number of thioether (sulfide) groups is 1. The van der Waals surface area contributed by atoms with Crippen LogP contribution in [0.5, 0.6) is 0 Å². The molecule has 0 aliphatic heterocycles. The quantitative estimate of drug-likeness (QED) is 0.400. The maximum Gasteiger partial charge on any atom is 0.283 e. The highest BCUT2D eigenvalue weighted by Crippen LogP contribution is 2.28. The number of aromatic nitrogens is 1. The van der Waals surface area contributed by atoms with Crippen LogP contribution >= 0.6 is 11.8 Å². The molecule has 0 saturated carbocycles. The van der Waals surface area contributed by atoms with Gasteiger partial charge in [0.2, 0.25) is 0 Å². The molecule has 0 aliphatic rings. The third-order valence-corrected chi connectivity index (χ3v) is 4.78. The lowest BCUT2D eigenvalue weighted by molar-refractivity contribution is -0.387. The number of nitrogens with one attached hydrogen (secondary N) is 2. The Kier molecular flexibility index (Phi) is 5.04. The second kappa shape index (κ2) is 7.40. The normalized spacial score (nSPS) is 10.8. The van der Waals surface area contributed by atoms with Gasteiger partial charge in [0.15, 0.2) is 0 Å². The van der Waals surface area contributed by atoms with Crippen LogP contribution in [0.1, 0.15) is 15.9 Å². The van der Waals surface area contributed by atoms with Crippen molar-refractivity contribution < 1.29 is 9.72 Å². The zero-order valence-electron chi connectivity index (χ0n) is 13.6. The molecule has 0 saturated heterocycles. The molecule has 128 valence electrons. The van der Waals surface area contributed by atoms with E-state index >= 15 is 0 Å². The molecular formula is C18H17N3O3S. The van der Waals surface area contributed by atoms with Crippen molar-refractivity contribution in [3.8, 4) is 0 Å². The van der Waals surface area contributed by atoms with Crippen molar-refractivity contribution >= 4 is 34.3 Å². The highest BCUT2D eigenvalue weighted by molar-refractivity contribution is 7.98. The summed E-state index contributed by atoms with van der Waals surface area (Å²) in [6.45, 7) is 0.457. The molecule has 0 bridgehead atoms. The van der Waals surface area contributed by atoms with E-state index in [1.165, 1.54) is 17.8 Å². The first-order chi connectivity index (χ1) is 12.1. The molecule has 1 heterocycles. The van der Waals surface area contributed by atoms with E-state index in [0.29, 0.717) is 23.4 Å². The lowest BCUT2D eigenvalue weighted by Gasteiger charge is -2.06. The fourth-order valence-corrected chi connectivity index (χ4v) is 3.27. The van der Waals surface area contributed by atoms with Gasteiger partial charge in [-0.05, 0) is 36.4 Å². The Morgan fingerprint density at radius 1 is 1.28 bits per heavy atom. The van der Waals surface area contributed by atoms with E-state index in [0.717, 1.165) is 16.5 Å². The SMILES string of the molecule is CSc1ccc(C(=O)NCCc2c[nH]c3ccccc23)cc1[N+](=O)[O-]. The van der Waals surface area contributed by atoms with Gasteiger partial charge in [-0.1, -0.05) is 18.2 Å².